The Labute approximate surface area is 168 Å². The first kappa shape index (κ1) is 26.0. The average Bonchev–Trinajstić information content (AvgIpc) is 2.66. The molecule has 7 nitrogen and oxygen atoms in total. The number of carboxylic acid groups (broad SMARTS) is 1. The number of hydrogen-bond donors (Lipinski definition) is 1. The minimum absolute atomic E-state index is 0.0267. The maximum Gasteiger partial charge on any atom is 0.311 e. The average molecular weight is 401 g/mol. The molecule has 0 spiro atoms. The number of allylic oxidation sites excluding steroid dienone is 1. The Morgan fingerprint density at radius 2 is 1.79 bits per heavy atom. The Hall–Kier alpha value is -2.05. The first-order chi connectivity index (χ1) is 13.1. The second-order valence-corrected chi connectivity index (χ2v) is 7.42. The Balaban J connectivity index is 5.16. The van der Waals surface area contributed by atoms with Gasteiger partial charge in [0.25, 0.3) is 0 Å². The van der Waals surface area contributed by atoms with Crippen molar-refractivity contribution in [2.45, 2.75) is 66.2 Å². The third kappa shape index (κ3) is 9.24. The summed E-state index contributed by atoms with van der Waals surface area (Å²) < 4.78 is 15.7. The molecule has 28 heavy (non-hydrogen) atoms. The van der Waals surface area contributed by atoms with Crippen LogP contribution in [0.5, 0.6) is 0 Å². The SMILES string of the molecule is C=C(OCCC(=O)O)C(C)CC(CC(C)(CC)C(=O)OC)C(=O)OCCCC. The molecule has 0 bridgehead atoms. The summed E-state index contributed by atoms with van der Waals surface area (Å²) in [5, 5.41) is 8.70. The van der Waals surface area contributed by atoms with Crippen LogP contribution in [0, 0.1) is 17.3 Å². The summed E-state index contributed by atoms with van der Waals surface area (Å²) in [6.07, 6.45) is 2.79. The molecule has 3 unspecified atom stereocenters. The van der Waals surface area contributed by atoms with Crippen LogP contribution in [0.15, 0.2) is 12.3 Å². The third-order valence-electron chi connectivity index (χ3n) is 5.02. The highest BCUT2D eigenvalue weighted by molar-refractivity contribution is 5.78. The molecule has 0 aliphatic heterocycles. The zero-order valence-electron chi connectivity index (χ0n) is 17.9. The highest BCUT2D eigenvalue weighted by Gasteiger charge is 2.38. The van der Waals surface area contributed by atoms with Crippen LogP contribution in [0.1, 0.15) is 66.2 Å². The Kier molecular flexibility index (Phi) is 12.2. The number of unbranched alkanes of at least 4 members (excludes halogenated alkanes) is 1. The molecular weight excluding hydrogens is 364 g/mol. The van der Waals surface area contributed by atoms with Gasteiger partial charge in [0, 0.05) is 5.92 Å². The van der Waals surface area contributed by atoms with Crippen LogP contribution in [0.2, 0.25) is 0 Å². The number of rotatable bonds is 15. The molecule has 0 amide bonds. The van der Waals surface area contributed by atoms with Crippen molar-refractivity contribution in [3.05, 3.63) is 12.3 Å². The molecule has 0 aliphatic carbocycles. The van der Waals surface area contributed by atoms with Crippen molar-refractivity contribution in [3.8, 4) is 0 Å². The van der Waals surface area contributed by atoms with Crippen LogP contribution in [0.25, 0.3) is 0 Å². The lowest BCUT2D eigenvalue weighted by Crippen LogP contribution is -2.34. The lowest BCUT2D eigenvalue weighted by Gasteiger charge is -2.30. The molecule has 1 N–H and O–H groups in total. The predicted molar refractivity (Wildman–Crippen MR) is 106 cm³/mol. The molecule has 0 aromatic carbocycles. The van der Waals surface area contributed by atoms with Gasteiger partial charge in [0.05, 0.1) is 43.8 Å². The Morgan fingerprint density at radius 3 is 2.29 bits per heavy atom. The summed E-state index contributed by atoms with van der Waals surface area (Å²) in [6.45, 7) is 11.8. The molecule has 0 radical (unpaired) electrons. The van der Waals surface area contributed by atoms with Gasteiger partial charge in [0.1, 0.15) is 0 Å². The van der Waals surface area contributed by atoms with Crippen molar-refractivity contribution in [2.24, 2.45) is 17.3 Å². The fraction of sp³-hybridized carbons (Fsp3) is 0.762. The van der Waals surface area contributed by atoms with E-state index in [4.69, 9.17) is 19.3 Å². The summed E-state index contributed by atoms with van der Waals surface area (Å²) >= 11 is 0. The van der Waals surface area contributed by atoms with Gasteiger partial charge in [-0.05, 0) is 32.6 Å². The normalized spacial score (nSPS) is 15.0. The second-order valence-electron chi connectivity index (χ2n) is 7.42. The minimum Gasteiger partial charge on any atom is -0.498 e. The van der Waals surface area contributed by atoms with E-state index in [1.165, 1.54) is 7.11 Å². The van der Waals surface area contributed by atoms with E-state index in [1.807, 2.05) is 20.8 Å². The molecule has 0 aromatic rings. The molecule has 3 atom stereocenters. The van der Waals surface area contributed by atoms with Gasteiger partial charge in [-0.2, -0.15) is 0 Å². The summed E-state index contributed by atoms with van der Waals surface area (Å²) in [6, 6.07) is 0. The van der Waals surface area contributed by atoms with E-state index in [9.17, 15) is 14.4 Å². The van der Waals surface area contributed by atoms with E-state index in [1.54, 1.807) is 6.92 Å². The summed E-state index contributed by atoms with van der Waals surface area (Å²) in [7, 11) is 1.34. The topological polar surface area (TPSA) is 99.1 Å². The van der Waals surface area contributed by atoms with Gasteiger partial charge in [0.2, 0.25) is 0 Å². The van der Waals surface area contributed by atoms with Crippen molar-refractivity contribution < 1.29 is 33.7 Å². The van der Waals surface area contributed by atoms with Crippen LogP contribution >= 0.6 is 0 Å². The summed E-state index contributed by atoms with van der Waals surface area (Å²) in [5.41, 5.74) is -0.797. The number of aliphatic carboxylic acids is 1. The monoisotopic (exact) mass is 400 g/mol. The Bertz CT molecular complexity index is 529. The molecule has 0 saturated carbocycles. The molecule has 0 aromatic heterocycles. The van der Waals surface area contributed by atoms with Gasteiger partial charge in [0.15, 0.2) is 0 Å². The first-order valence-electron chi connectivity index (χ1n) is 9.89. The molecule has 0 saturated heterocycles. The lowest BCUT2D eigenvalue weighted by atomic mass is 9.76. The van der Waals surface area contributed by atoms with Crippen LogP contribution in [0.4, 0.5) is 0 Å². The van der Waals surface area contributed by atoms with E-state index in [0.29, 0.717) is 31.6 Å². The molecule has 162 valence electrons. The third-order valence-corrected chi connectivity index (χ3v) is 5.02. The number of carbonyl (C=O) groups excluding carboxylic acids is 2. The van der Waals surface area contributed by atoms with Gasteiger partial charge < -0.3 is 19.3 Å². The second kappa shape index (κ2) is 13.2. The van der Waals surface area contributed by atoms with Crippen LogP contribution < -0.4 is 0 Å². The van der Waals surface area contributed by atoms with Crippen molar-refractivity contribution in [1.29, 1.82) is 0 Å². The van der Waals surface area contributed by atoms with Crippen LogP contribution in [-0.4, -0.2) is 43.3 Å². The molecule has 7 heteroatoms. The van der Waals surface area contributed by atoms with Crippen molar-refractivity contribution in [2.75, 3.05) is 20.3 Å². The van der Waals surface area contributed by atoms with Crippen molar-refractivity contribution in [3.63, 3.8) is 0 Å². The smallest absolute Gasteiger partial charge is 0.311 e. The zero-order valence-corrected chi connectivity index (χ0v) is 17.9. The fourth-order valence-corrected chi connectivity index (χ4v) is 2.83. The maximum atomic E-state index is 12.7. The number of ether oxygens (including phenoxy) is 3. The number of esters is 2. The first-order valence-corrected chi connectivity index (χ1v) is 9.89. The van der Waals surface area contributed by atoms with Crippen molar-refractivity contribution in [1.82, 2.24) is 0 Å². The molecule has 0 fully saturated rings. The quantitative estimate of drug-likeness (QED) is 0.252. The molecular formula is C21H36O7. The highest BCUT2D eigenvalue weighted by atomic mass is 16.5. The molecule has 0 aliphatic rings. The number of carbonyl (C=O) groups is 3. The summed E-state index contributed by atoms with van der Waals surface area (Å²) in [5.74, 6) is -1.95. The fourth-order valence-electron chi connectivity index (χ4n) is 2.83. The zero-order chi connectivity index (χ0) is 21.7. The largest absolute Gasteiger partial charge is 0.498 e. The van der Waals surface area contributed by atoms with Crippen molar-refractivity contribution >= 4 is 17.9 Å². The summed E-state index contributed by atoms with van der Waals surface area (Å²) in [4.78, 5) is 35.5. The van der Waals surface area contributed by atoms with E-state index < -0.39 is 17.3 Å². The minimum atomic E-state index is -0.949. The molecule has 0 rings (SSSR count). The van der Waals surface area contributed by atoms with Crippen LogP contribution in [0.3, 0.4) is 0 Å². The Morgan fingerprint density at radius 1 is 1.14 bits per heavy atom. The van der Waals surface area contributed by atoms with Gasteiger partial charge >= 0.3 is 17.9 Å². The van der Waals surface area contributed by atoms with Crippen LogP contribution in [-0.2, 0) is 28.6 Å². The van der Waals surface area contributed by atoms with Gasteiger partial charge in [-0.1, -0.05) is 33.8 Å². The van der Waals surface area contributed by atoms with E-state index >= 15 is 0 Å². The number of carboxylic acids is 1. The van der Waals surface area contributed by atoms with Gasteiger partial charge in [-0.3, -0.25) is 14.4 Å². The van der Waals surface area contributed by atoms with E-state index in [-0.39, 0.29) is 30.9 Å². The standard InChI is InChI=1S/C21H36O7/c1-7-9-11-28-19(24)17(14-21(5,8-2)20(25)26-6)13-15(3)16(4)27-12-10-18(22)23/h15,17H,4,7-14H2,1-3,5-6H3,(H,22,23). The van der Waals surface area contributed by atoms with Gasteiger partial charge in [-0.15, -0.1) is 0 Å². The number of hydrogen-bond acceptors (Lipinski definition) is 6. The highest BCUT2D eigenvalue weighted by Crippen LogP contribution is 2.35. The lowest BCUT2D eigenvalue weighted by molar-refractivity contribution is -0.157. The van der Waals surface area contributed by atoms with E-state index in [0.717, 1.165) is 12.8 Å². The maximum absolute atomic E-state index is 12.7. The molecule has 0 heterocycles. The van der Waals surface area contributed by atoms with E-state index in [2.05, 4.69) is 6.58 Å². The number of methoxy groups -OCH3 is 1. The predicted octanol–water partition coefficient (Wildman–Crippen LogP) is 3.96. The van der Waals surface area contributed by atoms with Gasteiger partial charge in [-0.25, -0.2) is 0 Å².